The number of hydrogen-bond acceptors (Lipinski definition) is 3. The number of fused-ring (bicyclic) bond motifs is 1. The van der Waals surface area contributed by atoms with Gasteiger partial charge in [-0.3, -0.25) is 0 Å². The summed E-state index contributed by atoms with van der Waals surface area (Å²) in [6, 6.07) is 13.9. The van der Waals surface area contributed by atoms with Gasteiger partial charge in [0.25, 0.3) is 0 Å². The molecule has 0 saturated carbocycles. The molecular weight excluding hydrogens is 382 g/mol. The van der Waals surface area contributed by atoms with Crippen LogP contribution < -0.4 is 5.32 Å². The predicted octanol–water partition coefficient (Wildman–Crippen LogP) is 4.81. The van der Waals surface area contributed by atoms with Crippen LogP contribution in [0.2, 0.25) is 0 Å². The second kappa shape index (κ2) is 6.88. The molecule has 25 heavy (non-hydrogen) atoms. The third kappa shape index (κ3) is 4.60. The van der Waals surface area contributed by atoms with Crippen LogP contribution >= 0.6 is 15.9 Å². The van der Waals surface area contributed by atoms with Gasteiger partial charge >= 0.3 is 6.09 Å². The molecule has 0 aliphatic heterocycles. The summed E-state index contributed by atoms with van der Waals surface area (Å²) in [4.78, 5) is 11.7. The topological polar surface area (TPSA) is 56.1 Å². The Kier molecular flexibility index (Phi) is 4.81. The number of benzene rings is 2. The summed E-state index contributed by atoms with van der Waals surface area (Å²) in [6.07, 6.45) is 1.58. The summed E-state index contributed by atoms with van der Waals surface area (Å²) in [5, 5.41) is 8.42. The van der Waals surface area contributed by atoms with E-state index >= 15 is 0 Å². The maximum atomic E-state index is 11.7. The van der Waals surface area contributed by atoms with Crippen LogP contribution in [0.3, 0.4) is 0 Å². The number of carbonyl (C=O) groups excluding carboxylic acids is 1. The van der Waals surface area contributed by atoms with Gasteiger partial charge in [-0.25, -0.2) is 9.48 Å². The number of amides is 1. The Bertz CT molecular complexity index is 895. The van der Waals surface area contributed by atoms with E-state index in [-0.39, 0.29) is 0 Å². The van der Waals surface area contributed by atoms with Gasteiger partial charge in [-0.15, -0.1) is 0 Å². The van der Waals surface area contributed by atoms with Crippen molar-refractivity contribution in [1.29, 1.82) is 0 Å². The molecule has 0 atom stereocenters. The van der Waals surface area contributed by atoms with E-state index in [0.717, 1.165) is 26.6 Å². The van der Waals surface area contributed by atoms with Crippen LogP contribution in [-0.4, -0.2) is 21.5 Å². The average Bonchev–Trinajstić information content (AvgIpc) is 2.95. The molecule has 1 N–H and O–H groups in total. The number of carbonyl (C=O) groups is 1. The highest BCUT2D eigenvalue weighted by atomic mass is 79.9. The molecule has 0 radical (unpaired) electrons. The molecule has 2 aromatic carbocycles. The Morgan fingerprint density at radius 3 is 2.60 bits per heavy atom. The first-order valence-corrected chi connectivity index (χ1v) is 8.80. The number of aromatic nitrogens is 2. The standard InChI is InChI=1S/C19H20BrN3O2/c1-19(2,3)25-18(24)21-11-13-4-8-16(9-5-13)23-12-14-6-7-15(20)10-17(14)22-23/h4-10,12H,11H2,1-3H3,(H,21,24). The summed E-state index contributed by atoms with van der Waals surface area (Å²) in [5.74, 6) is 0. The maximum absolute atomic E-state index is 11.7. The van der Waals surface area contributed by atoms with Gasteiger partial charge in [0, 0.05) is 22.6 Å². The van der Waals surface area contributed by atoms with E-state index in [0.29, 0.717) is 6.54 Å². The van der Waals surface area contributed by atoms with Crippen LogP contribution in [0.4, 0.5) is 4.79 Å². The van der Waals surface area contributed by atoms with Gasteiger partial charge in [-0.1, -0.05) is 34.1 Å². The Morgan fingerprint density at radius 2 is 1.92 bits per heavy atom. The number of ether oxygens (including phenoxy) is 1. The monoisotopic (exact) mass is 401 g/mol. The number of hydrogen-bond donors (Lipinski definition) is 1. The van der Waals surface area contributed by atoms with Crippen molar-refractivity contribution in [2.24, 2.45) is 0 Å². The summed E-state index contributed by atoms with van der Waals surface area (Å²) in [6.45, 7) is 5.94. The second-order valence-electron chi connectivity index (χ2n) is 6.80. The van der Waals surface area contributed by atoms with E-state index in [2.05, 4.69) is 26.3 Å². The van der Waals surface area contributed by atoms with Gasteiger partial charge < -0.3 is 10.1 Å². The summed E-state index contributed by atoms with van der Waals surface area (Å²) >= 11 is 3.46. The van der Waals surface area contributed by atoms with Crippen molar-refractivity contribution in [3.63, 3.8) is 0 Å². The molecule has 0 unspecified atom stereocenters. The van der Waals surface area contributed by atoms with Crippen molar-refractivity contribution in [2.75, 3.05) is 0 Å². The van der Waals surface area contributed by atoms with Gasteiger partial charge in [0.2, 0.25) is 0 Å². The summed E-state index contributed by atoms with van der Waals surface area (Å²) < 4.78 is 8.09. The zero-order valence-electron chi connectivity index (χ0n) is 14.4. The van der Waals surface area contributed by atoms with Crippen LogP contribution in [0.25, 0.3) is 16.6 Å². The van der Waals surface area contributed by atoms with Crippen LogP contribution in [0.1, 0.15) is 26.3 Å². The molecule has 0 spiro atoms. The molecule has 0 bridgehead atoms. The van der Waals surface area contributed by atoms with Crippen molar-refractivity contribution in [3.8, 4) is 5.69 Å². The lowest BCUT2D eigenvalue weighted by atomic mass is 10.2. The fraction of sp³-hybridized carbons (Fsp3) is 0.263. The van der Waals surface area contributed by atoms with E-state index in [9.17, 15) is 4.79 Å². The molecule has 130 valence electrons. The van der Waals surface area contributed by atoms with Crippen LogP contribution in [0.5, 0.6) is 0 Å². The Balaban J connectivity index is 1.68. The fourth-order valence-electron chi connectivity index (χ4n) is 2.38. The molecule has 6 heteroatoms. The first kappa shape index (κ1) is 17.5. The third-order valence-electron chi connectivity index (χ3n) is 3.51. The minimum Gasteiger partial charge on any atom is -0.444 e. The van der Waals surface area contributed by atoms with Gasteiger partial charge in [-0.05, 0) is 50.6 Å². The minimum absolute atomic E-state index is 0.416. The number of halogens is 1. The van der Waals surface area contributed by atoms with Gasteiger partial charge in [0.05, 0.1) is 11.2 Å². The highest BCUT2D eigenvalue weighted by molar-refractivity contribution is 9.10. The molecule has 0 aliphatic rings. The largest absolute Gasteiger partial charge is 0.444 e. The highest BCUT2D eigenvalue weighted by Gasteiger charge is 2.15. The zero-order valence-corrected chi connectivity index (χ0v) is 16.0. The molecule has 1 amide bonds. The first-order valence-electron chi connectivity index (χ1n) is 8.01. The molecule has 5 nitrogen and oxygen atoms in total. The van der Waals surface area contributed by atoms with Crippen molar-refractivity contribution in [1.82, 2.24) is 15.1 Å². The molecule has 0 saturated heterocycles. The Hall–Kier alpha value is -2.34. The highest BCUT2D eigenvalue weighted by Crippen LogP contribution is 2.20. The van der Waals surface area contributed by atoms with Gasteiger partial charge in [0.1, 0.15) is 5.60 Å². The Morgan fingerprint density at radius 1 is 1.20 bits per heavy atom. The second-order valence-corrected chi connectivity index (χ2v) is 7.71. The SMILES string of the molecule is CC(C)(C)OC(=O)NCc1ccc(-n2cc3ccc(Br)cc3n2)cc1. The van der Waals surface area contributed by atoms with Crippen LogP contribution in [0.15, 0.2) is 53.1 Å². The first-order chi connectivity index (χ1) is 11.8. The van der Waals surface area contributed by atoms with Crippen LogP contribution in [-0.2, 0) is 11.3 Å². The molecular formula is C19H20BrN3O2. The molecule has 3 aromatic rings. The maximum Gasteiger partial charge on any atom is 0.407 e. The fourth-order valence-corrected chi connectivity index (χ4v) is 2.73. The smallest absolute Gasteiger partial charge is 0.407 e. The molecule has 0 aliphatic carbocycles. The van der Waals surface area contributed by atoms with E-state index in [1.54, 1.807) is 0 Å². The van der Waals surface area contributed by atoms with E-state index in [1.807, 2.05) is 74.1 Å². The number of alkyl carbamates (subject to hydrolysis) is 1. The van der Waals surface area contributed by atoms with E-state index in [4.69, 9.17) is 4.74 Å². The third-order valence-corrected chi connectivity index (χ3v) is 4.00. The van der Waals surface area contributed by atoms with Crippen molar-refractivity contribution in [2.45, 2.75) is 32.9 Å². The lowest BCUT2D eigenvalue weighted by Gasteiger charge is -2.19. The van der Waals surface area contributed by atoms with E-state index in [1.165, 1.54) is 0 Å². The number of nitrogens with one attached hydrogen (secondary N) is 1. The van der Waals surface area contributed by atoms with E-state index < -0.39 is 11.7 Å². The van der Waals surface area contributed by atoms with Crippen molar-refractivity contribution >= 4 is 32.9 Å². The molecule has 1 heterocycles. The number of rotatable bonds is 3. The molecule has 0 fully saturated rings. The molecule has 1 aromatic heterocycles. The average molecular weight is 402 g/mol. The summed E-state index contributed by atoms with van der Waals surface area (Å²) in [7, 11) is 0. The minimum atomic E-state index is -0.495. The molecule has 3 rings (SSSR count). The van der Waals surface area contributed by atoms with Gasteiger partial charge in [-0.2, -0.15) is 5.10 Å². The zero-order chi connectivity index (χ0) is 18.0. The number of nitrogens with zero attached hydrogens (tertiary/aromatic N) is 2. The van der Waals surface area contributed by atoms with Crippen LogP contribution in [0, 0.1) is 0 Å². The lowest BCUT2D eigenvalue weighted by molar-refractivity contribution is 0.0523. The normalized spacial score (nSPS) is 11.5. The van der Waals surface area contributed by atoms with Gasteiger partial charge in [0.15, 0.2) is 0 Å². The lowest BCUT2D eigenvalue weighted by Crippen LogP contribution is -2.32. The van der Waals surface area contributed by atoms with Crippen molar-refractivity contribution < 1.29 is 9.53 Å². The summed E-state index contributed by atoms with van der Waals surface area (Å²) in [5.41, 5.74) is 2.40. The quantitative estimate of drug-likeness (QED) is 0.684. The van der Waals surface area contributed by atoms with Crippen molar-refractivity contribution in [3.05, 3.63) is 58.7 Å². The predicted molar refractivity (Wildman–Crippen MR) is 102 cm³/mol. The Labute approximate surface area is 155 Å².